The number of hydrogen-bond acceptors (Lipinski definition) is 2. The quantitative estimate of drug-likeness (QED) is 0.754. The summed E-state index contributed by atoms with van der Waals surface area (Å²) < 4.78 is 0. The minimum atomic E-state index is -0.912. The van der Waals surface area contributed by atoms with Gasteiger partial charge in [0.1, 0.15) is 0 Å². The Labute approximate surface area is 95.0 Å². The number of carboxylic acids is 2. The fourth-order valence-corrected chi connectivity index (χ4v) is 2.22. The molecule has 0 aromatic carbocycles. The third kappa shape index (κ3) is 3.08. The minimum Gasteiger partial charge on any atom is -0.481 e. The zero-order chi connectivity index (χ0) is 12.1. The number of rotatable bonds is 5. The second-order valence-corrected chi connectivity index (χ2v) is 4.32. The Morgan fingerprint density at radius 3 is 2.62 bits per heavy atom. The lowest BCUT2D eigenvalue weighted by Crippen LogP contribution is -2.28. The first-order valence-electron chi connectivity index (χ1n) is 5.71. The van der Waals surface area contributed by atoms with E-state index in [2.05, 4.69) is 0 Å². The molecule has 90 valence electrons. The zero-order valence-electron chi connectivity index (χ0n) is 9.48. The molecule has 0 aliphatic heterocycles. The largest absolute Gasteiger partial charge is 0.481 e. The molecule has 1 rings (SSSR count). The van der Waals surface area contributed by atoms with Crippen LogP contribution < -0.4 is 0 Å². The van der Waals surface area contributed by atoms with Gasteiger partial charge in [0, 0.05) is 5.57 Å². The molecule has 1 aliphatic carbocycles. The van der Waals surface area contributed by atoms with E-state index in [1.54, 1.807) is 6.08 Å². The molecule has 4 nitrogen and oxygen atoms in total. The van der Waals surface area contributed by atoms with Gasteiger partial charge in [-0.05, 0) is 25.2 Å². The van der Waals surface area contributed by atoms with Crippen molar-refractivity contribution in [3.05, 3.63) is 11.6 Å². The van der Waals surface area contributed by atoms with E-state index in [1.807, 2.05) is 6.92 Å². The number of allylic oxidation sites excluding steroid dienone is 1. The van der Waals surface area contributed by atoms with Crippen molar-refractivity contribution in [1.29, 1.82) is 0 Å². The summed E-state index contributed by atoms with van der Waals surface area (Å²) in [5.41, 5.74) is 0.374. The van der Waals surface area contributed by atoms with E-state index in [9.17, 15) is 9.59 Å². The summed E-state index contributed by atoms with van der Waals surface area (Å²) in [5.74, 6) is -2.14. The van der Waals surface area contributed by atoms with Crippen molar-refractivity contribution < 1.29 is 19.8 Å². The lowest BCUT2D eigenvalue weighted by molar-refractivity contribution is -0.144. The van der Waals surface area contributed by atoms with Crippen molar-refractivity contribution in [3.63, 3.8) is 0 Å². The Balaban J connectivity index is 2.72. The predicted octanol–water partition coefficient (Wildman–Crippen LogP) is 2.30. The first-order valence-corrected chi connectivity index (χ1v) is 5.71. The molecule has 1 aliphatic rings. The van der Waals surface area contributed by atoms with Gasteiger partial charge in [-0.25, -0.2) is 4.79 Å². The summed E-state index contributed by atoms with van der Waals surface area (Å²) in [7, 11) is 0. The second kappa shape index (κ2) is 5.68. The third-order valence-electron chi connectivity index (χ3n) is 3.19. The summed E-state index contributed by atoms with van der Waals surface area (Å²) in [6.45, 7) is 2.05. The highest BCUT2D eigenvalue weighted by molar-refractivity contribution is 5.87. The van der Waals surface area contributed by atoms with Crippen molar-refractivity contribution in [2.45, 2.75) is 39.0 Å². The van der Waals surface area contributed by atoms with E-state index in [-0.39, 0.29) is 5.92 Å². The van der Waals surface area contributed by atoms with E-state index in [4.69, 9.17) is 10.2 Å². The smallest absolute Gasteiger partial charge is 0.331 e. The molecule has 0 aromatic rings. The Morgan fingerprint density at radius 2 is 2.12 bits per heavy atom. The van der Waals surface area contributed by atoms with Gasteiger partial charge in [0.25, 0.3) is 0 Å². The van der Waals surface area contributed by atoms with E-state index < -0.39 is 17.9 Å². The van der Waals surface area contributed by atoms with Crippen molar-refractivity contribution in [2.24, 2.45) is 11.8 Å². The summed E-state index contributed by atoms with van der Waals surface area (Å²) >= 11 is 0. The van der Waals surface area contributed by atoms with Gasteiger partial charge >= 0.3 is 11.9 Å². The maximum Gasteiger partial charge on any atom is 0.331 e. The molecular formula is C12H18O4. The van der Waals surface area contributed by atoms with E-state index in [0.29, 0.717) is 18.4 Å². The van der Waals surface area contributed by atoms with Crippen LogP contribution in [0, 0.1) is 11.8 Å². The van der Waals surface area contributed by atoms with Crippen LogP contribution in [0.1, 0.15) is 39.0 Å². The number of aliphatic carboxylic acids is 2. The monoisotopic (exact) mass is 226 g/mol. The molecule has 0 bridgehead atoms. The molecule has 16 heavy (non-hydrogen) atoms. The zero-order valence-corrected chi connectivity index (χ0v) is 9.48. The van der Waals surface area contributed by atoms with E-state index >= 15 is 0 Å². The van der Waals surface area contributed by atoms with Gasteiger partial charge in [-0.3, -0.25) is 4.79 Å². The van der Waals surface area contributed by atoms with Crippen molar-refractivity contribution >= 4 is 11.9 Å². The van der Waals surface area contributed by atoms with Crippen LogP contribution in [-0.2, 0) is 9.59 Å². The van der Waals surface area contributed by atoms with Crippen molar-refractivity contribution in [2.75, 3.05) is 0 Å². The summed E-state index contributed by atoms with van der Waals surface area (Å²) in [6.07, 6.45) is 5.08. The van der Waals surface area contributed by atoms with Gasteiger partial charge in [0.05, 0.1) is 5.92 Å². The second-order valence-electron chi connectivity index (χ2n) is 4.32. The molecule has 0 radical (unpaired) electrons. The summed E-state index contributed by atoms with van der Waals surface area (Å²) in [4.78, 5) is 21.9. The van der Waals surface area contributed by atoms with Crippen molar-refractivity contribution in [3.8, 4) is 0 Å². The van der Waals surface area contributed by atoms with Crippen molar-refractivity contribution in [1.82, 2.24) is 0 Å². The fourth-order valence-electron chi connectivity index (χ4n) is 2.22. The molecule has 2 unspecified atom stereocenters. The molecule has 0 spiro atoms. The van der Waals surface area contributed by atoms with Gasteiger partial charge in [-0.1, -0.05) is 25.8 Å². The van der Waals surface area contributed by atoms with Crippen LogP contribution in [0.4, 0.5) is 0 Å². The molecule has 4 heteroatoms. The number of carboxylic acid groups (broad SMARTS) is 2. The van der Waals surface area contributed by atoms with Crippen LogP contribution in [0.5, 0.6) is 0 Å². The van der Waals surface area contributed by atoms with Crippen LogP contribution in [0.3, 0.4) is 0 Å². The minimum absolute atomic E-state index is 0.0199. The predicted molar refractivity (Wildman–Crippen MR) is 59.1 cm³/mol. The topological polar surface area (TPSA) is 74.6 Å². The maximum atomic E-state index is 11.0. The standard InChI is InChI=1S/C12H18O4/c1-2-3-4-8-7-9(11(13)14)5-6-10(8)12(15)16/h5,8,10H,2-4,6-7H2,1H3,(H,13,14)(H,15,16). The normalized spacial score (nSPS) is 24.9. The Morgan fingerprint density at radius 1 is 1.44 bits per heavy atom. The van der Waals surface area contributed by atoms with Crippen LogP contribution in [-0.4, -0.2) is 22.2 Å². The Kier molecular flexibility index (Phi) is 4.52. The third-order valence-corrected chi connectivity index (χ3v) is 3.19. The molecular weight excluding hydrogens is 208 g/mol. The van der Waals surface area contributed by atoms with Gasteiger partial charge in [0.2, 0.25) is 0 Å². The van der Waals surface area contributed by atoms with E-state index in [0.717, 1.165) is 19.3 Å². The molecule has 0 fully saturated rings. The molecule has 0 heterocycles. The summed E-state index contributed by atoms with van der Waals surface area (Å²) in [6, 6.07) is 0. The number of carbonyl (C=O) groups is 2. The average Bonchev–Trinajstić information content (AvgIpc) is 2.25. The summed E-state index contributed by atoms with van der Waals surface area (Å²) in [5, 5.41) is 17.9. The number of hydrogen-bond donors (Lipinski definition) is 2. The SMILES string of the molecule is CCCCC1CC(C(=O)O)=CCC1C(=O)O. The van der Waals surface area contributed by atoms with Crippen LogP contribution in [0.15, 0.2) is 11.6 Å². The molecule has 0 aromatic heterocycles. The molecule has 0 saturated carbocycles. The van der Waals surface area contributed by atoms with E-state index in [1.165, 1.54) is 0 Å². The first kappa shape index (κ1) is 12.7. The fraction of sp³-hybridized carbons (Fsp3) is 0.667. The van der Waals surface area contributed by atoms with Crippen LogP contribution >= 0.6 is 0 Å². The highest BCUT2D eigenvalue weighted by Crippen LogP contribution is 2.33. The van der Waals surface area contributed by atoms with Crippen LogP contribution in [0.25, 0.3) is 0 Å². The first-order chi connectivity index (χ1) is 7.56. The van der Waals surface area contributed by atoms with Gasteiger partial charge < -0.3 is 10.2 Å². The molecule has 2 N–H and O–H groups in total. The average molecular weight is 226 g/mol. The molecule has 0 saturated heterocycles. The number of unbranched alkanes of at least 4 members (excludes halogenated alkanes) is 1. The van der Waals surface area contributed by atoms with Crippen LogP contribution in [0.2, 0.25) is 0 Å². The highest BCUT2D eigenvalue weighted by Gasteiger charge is 2.32. The lowest BCUT2D eigenvalue weighted by Gasteiger charge is -2.27. The van der Waals surface area contributed by atoms with Gasteiger partial charge in [-0.2, -0.15) is 0 Å². The van der Waals surface area contributed by atoms with Gasteiger partial charge in [-0.15, -0.1) is 0 Å². The Bertz CT molecular complexity index is 306. The lowest BCUT2D eigenvalue weighted by atomic mass is 9.77. The highest BCUT2D eigenvalue weighted by atomic mass is 16.4. The molecule has 2 atom stereocenters. The van der Waals surface area contributed by atoms with Gasteiger partial charge in [0.15, 0.2) is 0 Å². The molecule has 0 amide bonds. The Hall–Kier alpha value is -1.32. The maximum absolute atomic E-state index is 11.0.